The molecule has 0 aliphatic carbocycles. The molecule has 0 N–H and O–H groups in total. The van der Waals surface area contributed by atoms with Crippen LogP contribution in [0.25, 0.3) is 0 Å². The maximum atomic E-state index is 12.4. The van der Waals surface area contributed by atoms with Crippen molar-refractivity contribution >= 4 is 5.91 Å². The van der Waals surface area contributed by atoms with Gasteiger partial charge in [-0.05, 0) is 25.8 Å². The summed E-state index contributed by atoms with van der Waals surface area (Å²) < 4.78 is 6.81. The summed E-state index contributed by atoms with van der Waals surface area (Å²) in [5, 5.41) is 7.94. The van der Waals surface area contributed by atoms with E-state index in [-0.39, 0.29) is 11.9 Å². The standard InChI is InChI=1S/C12H15N5O2/c1-8-13-11(19-15-8)10-4-3-6-17(10)12(18)9-5-7-16(2)14-9/h5,7,10H,3-4,6H2,1-2H3. The van der Waals surface area contributed by atoms with E-state index in [1.165, 1.54) is 0 Å². The number of carbonyl (C=O) groups excluding carboxylic acids is 1. The first kappa shape index (κ1) is 11.9. The first-order chi connectivity index (χ1) is 9.15. The first-order valence-electron chi connectivity index (χ1n) is 6.26. The van der Waals surface area contributed by atoms with Gasteiger partial charge < -0.3 is 9.42 Å². The van der Waals surface area contributed by atoms with E-state index in [1.807, 2.05) is 0 Å². The summed E-state index contributed by atoms with van der Waals surface area (Å²) in [4.78, 5) is 18.4. The molecule has 0 aromatic carbocycles. The van der Waals surface area contributed by atoms with Gasteiger partial charge in [0.05, 0.1) is 0 Å². The minimum absolute atomic E-state index is 0.0843. The lowest BCUT2D eigenvalue weighted by Gasteiger charge is -2.20. The third kappa shape index (κ3) is 2.11. The van der Waals surface area contributed by atoms with Crippen LogP contribution in [-0.2, 0) is 7.05 Å². The molecule has 3 rings (SSSR count). The van der Waals surface area contributed by atoms with E-state index in [0.29, 0.717) is 24.0 Å². The van der Waals surface area contributed by atoms with E-state index in [0.717, 1.165) is 12.8 Å². The third-order valence-electron chi connectivity index (χ3n) is 3.27. The normalized spacial score (nSPS) is 19.1. The molecule has 1 saturated heterocycles. The average Bonchev–Trinajstić information content (AvgIpc) is 3.07. The zero-order valence-corrected chi connectivity index (χ0v) is 10.9. The van der Waals surface area contributed by atoms with E-state index in [1.54, 1.807) is 35.8 Å². The summed E-state index contributed by atoms with van der Waals surface area (Å²) >= 11 is 0. The van der Waals surface area contributed by atoms with Crippen molar-refractivity contribution in [3.63, 3.8) is 0 Å². The number of likely N-dealkylation sites (tertiary alicyclic amines) is 1. The van der Waals surface area contributed by atoms with Crippen LogP contribution in [0.4, 0.5) is 0 Å². The second kappa shape index (κ2) is 4.49. The third-order valence-corrected chi connectivity index (χ3v) is 3.27. The van der Waals surface area contributed by atoms with Gasteiger partial charge in [-0.25, -0.2) is 0 Å². The molecule has 1 aliphatic rings. The van der Waals surface area contributed by atoms with E-state index in [4.69, 9.17) is 4.52 Å². The SMILES string of the molecule is Cc1noc(C2CCCN2C(=O)c2ccn(C)n2)n1. The summed E-state index contributed by atoms with van der Waals surface area (Å²) in [5.41, 5.74) is 0.450. The van der Waals surface area contributed by atoms with Gasteiger partial charge in [0, 0.05) is 19.8 Å². The molecule has 0 spiro atoms. The fraction of sp³-hybridized carbons (Fsp3) is 0.500. The quantitative estimate of drug-likeness (QED) is 0.808. The number of aryl methyl sites for hydroxylation is 2. The van der Waals surface area contributed by atoms with Gasteiger partial charge in [0.25, 0.3) is 5.91 Å². The highest BCUT2D eigenvalue weighted by molar-refractivity contribution is 5.92. The summed E-state index contributed by atoms with van der Waals surface area (Å²) in [6, 6.07) is 1.59. The smallest absolute Gasteiger partial charge is 0.275 e. The maximum Gasteiger partial charge on any atom is 0.275 e. The van der Waals surface area contributed by atoms with Crippen molar-refractivity contribution in [2.75, 3.05) is 6.54 Å². The Morgan fingerprint density at radius 1 is 1.53 bits per heavy atom. The lowest BCUT2D eigenvalue weighted by molar-refractivity contribution is 0.0703. The fourth-order valence-corrected chi connectivity index (χ4v) is 2.39. The van der Waals surface area contributed by atoms with Gasteiger partial charge in [0.15, 0.2) is 5.82 Å². The van der Waals surface area contributed by atoms with Gasteiger partial charge in [-0.15, -0.1) is 0 Å². The molecule has 7 nitrogen and oxygen atoms in total. The highest BCUT2D eigenvalue weighted by Crippen LogP contribution is 2.31. The second-order valence-electron chi connectivity index (χ2n) is 4.71. The second-order valence-corrected chi connectivity index (χ2v) is 4.71. The number of carbonyl (C=O) groups is 1. The zero-order valence-electron chi connectivity index (χ0n) is 10.9. The van der Waals surface area contributed by atoms with Crippen LogP contribution >= 0.6 is 0 Å². The van der Waals surface area contributed by atoms with Gasteiger partial charge >= 0.3 is 0 Å². The highest BCUT2D eigenvalue weighted by Gasteiger charge is 2.35. The van der Waals surface area contributed by atoms with E-state index in [9.17, 15) is 4.79 Å². The summed E-state index contributed by atoms with van der Waals surface area (Å²) in [5.74, 6) is 1.02. The molecule has 1 aliphatic heterocycles. The van der Waals surface area contributed by atoms with Crippen LogP contribution < -0.4 is 0 Å². The van der Waals surface area contributed by atoms with E-state index >= 15 is 0 Å². The maximum absolute atomic E-state index is 12.4. The lowest BCUT2D eigenvalue weighted by atomic mass is 10.2. The average molecular weight is 261 g/mol. The van der Waals surface area contributed by atoms with Crippen LogP contribution in [0.2, 0.25) is 0 Å². The van der Waals surface area contributed by atoms with Crippen molar-refractivity contribution in [3.05, 3.63) is 29.7 Å². The molecule has 100 valence electrons. The number of rotatable bonds is 2. The fourth-order valence-electron chi connectivity index (χ4n) is 2.39. The molecule has 3 heterocycles. The molecule has 1 fully saturated rings. The molecular weight excluding hydrogens is 246 g/mol. The van der Waals surface area contributed by atoms with E-state index < -0.39 is 0 Å². The van der Waals surface area contributed by atoms with Crippen molar-refractivity contribution < 1.29 is 9.32 Å². The predicted molar refractivity (Wildman–Crippen MR) is 65.3 cm³/mol. The van der Waals surface area contributed by atoms with Crippen LogP contribution in [-0.4, -0.2) is 37.3 Å². The molecule has 0 bridgehead atoms. The molecule has 1 atom stereocenters. The molecule has 19 heavy (non-hydrogen) atoms. The Kier molecular flexibility index (Phi) is 2.81. The topological polar surface area (TPSA) is 77.0 Å². The lowest BCUT2D eigenvalue weighted by Crippen LogP contribution is -2.31. The van der Waals surface area contributed by atoms with Crippen molar-refractivity contribution in [1.82, 2.24) is 24.8 Å². The van der Waals surface area contributed by atoms with Crippen LogP contribution in [0.3, 0.4) is 0 Å². The molecular formula is C12H15N5O2. The first-order valence-corrected chi connectivity index (χ1v) is 6.26. The number of amides is 1. The van der Waals surface area contributed by atoms with Crippen molar-refractivity contribution in [3.8, 4) is 0 Å². The van der Waals surface area contributed by atoms with Gasteiger partial charge in [0.2, 0.25) is 5.89 Å². The monoisotopic (exact) mass is 261 g/mol. The molecule has 0 radical (unpaired) electrons. The van der Waals surface area contributed by atoms with Gasteiger partial charge in [-0.3, -0.25) is 9.48 Å². The Morgan fingerprint density at radius 3 is 3.00 bits per heavy atom. The molecule has 7 heteroatoms. The predicted octanol–water partition coefficient (Wildman–Crippen LogP) is 1.09. The number of hydrogen-bond acceptors (Lipinski definition) is 5. The summed E-state index contributed by atoms with van der Waals surface area (Å²) in [6.45, 7) is 2.47. The molecule has 1 amide bonds. The molecule has 2 aromatic heterocycles. The minimum atomic E-state index is -0.129. The van der Waals surface area contributed by atoms with Crippen molar-refractivity contribution in [2.24, 2.45) is 7.05 Å². The Bertz CT molecular complexity index is 603. The minimum Gasteiger partial charge on any atom is -0.337 e. The van der Waals surface area contributed by atoms with Crippen molar-refractivity contribution in [1.29, 1.82) is 0 Å². The number of hydrogen-bond donors (Lipinski definition) is 0. The summed E-state index contributed by atoms with van der Waals surface area (Å²) in [6.07, 6.45) is 3.54. The zero-order chi connectivity index (χ0) is 13.4. The van der Waals surface area contributed by atoms with Gasteiger partial charge in [-0.2, -0.15) is 10.1 Å². The Hall–Kier alpha value is -2.18. The number of aromatic nitrogens is 4. The van der Waals surface area contributed by atoms with Gasteiger partial charge in [0.1, 0.15) is 11.7 Å². The van der Waals surface area contributed by atoms with Crippen LogP contribution in [0, 0.1) is 6.92 Å². The summed E-state index contributed by atoms with van der Waals surface area (Å²) in [7, 11) is 1.79. The Morgan fingerprint density at radius 2 is 2.37 bits per heavy atom. The Balaban J connectivity index is 1.85. The Labute approximate surface area is 110 Å². The molecule has 1 unspecified atom stereocenters. The van der Waals surface area contributed by atoms with Crippen molar-refractivity contribution in [2.45, 2.75) is 25.8 Å². The van der Waals surface area contributed by atoms with E-state index in [2.05, 4.69) is 15.2 Å². The van der Waals surface area contributed by atoms with Crippen LogP contribution in [0.1, 0.15) is 41.1 Å². The van der Waals surface area contributed by atoms with Gasteiger partial charge in [-0.1, -0.05) is 5.16 Å². The largest absolute Gasteiger partial charge is 0.337 e. The highest BCUT2D eigenvalue weighted by atomic mass is 16.5. The van der Waals surface area contributed by atoms with Crippen LogP contribution in [0.15, 0.2) is 16.8 Å². The molecule has 2 aromatic rings. The molecule has 0 saturated carbocycles. The van der Waals surface area contributed by atoms with Crippen LogP contribution in [0.5, 0.6) is 0 Å². The number of nitrogens with zero attached hydrogens (tertiary/aromatic N) is 5.